The van der Waals surface area contributed by atoms with Crippen molar-refractivity contribution in [1.82, 2.24) is 5.32 Å². The summed E-state index contributed by atoms with van der Waals surface area (Å²) in [5, 5.41) is 15.4. The van der Waals surface area contributed by atoms with Gasteiger partial charge in [0, 0.05) is 19.8 Å². The molecule has 1 N–H and O–H groups in total. The van der Waals surface area contributed by atoms with Crippen molar-refractivity contribution in [3.05, 3.63) is 28.0 Å². The van der Waals surface area contributed by atoms with E-state index in [0.717, 1.165) is 12.0 Å². The van der Waals surface area contributed by atoms with Crippen LogP contribution in [0.3, 0.4) is 0 Å². The van der Waals surface area contributed by atoms with Gasteiger partial charge in [-0.2, -0.15) is 16.6 Å². The Morgan fingerprint density at radius 3 is 3.11 bits per heavy atom. The minimum absolute atomic E-state index is 0.129. The molecule has 0 aliphatic carbocycles. The number of carbonyl (C=O) groups excluding carboxylic acids is 1. The van der Waals surface area contributed by atoms with E-state index < -0.39 is 0 Å². The molecule has 4 nitrogen and oxygen atoms in total. The lowest BCUT2D eigenvalue weighted by Gasteiger charge is -2.04. The van der Waals surface area contributed by atoms with Crippen molar-refractivity contribution >= 4 is 23.3 Å². The molecule has 1 aromatic rings. The molecule has 1 amide bonds. The Hall–Kier alpha value is -1.64. The molecule has 0 fully saturated rings. The minimum Gasteiger partial charge on any atom is -0.382 e. The lowest BCUT2D eigenvalue weighted by atomic mass is 10.2. The largest absolute Gasteiger partial charge is 0.382 e. The van der Waals surface area contributed by atoms with Gasteiger partial charge in [0.05, 0.1) is 0 Å². The van der Waals surface area contributed by atoms with Crippen LogP contribution in [0.5, 0.6) is 0 Å². The number of nitrogens with zero attached hydrogens (tertiary/aromatic N) is 1. The zero-order valence-electron chi connectivity index (χ0n) is 10.3. The number of nitriles is 1. The second-order valence-corrected chi connectivity index (χ2v) is 4.31. The summed E-state index contributed by atoms with van der Waals surface area (Å²) < 4.78 is 5.16. The molecule has 1 rings (SSSR count). The second-order valence-electron chi connectivity index (χ2n) is 3.53. The van der Waals surface area contributed by atoms with Gasteiger partial charge < -0.3 is 10.1 Å². The monoisotopic (exact) mass is 264 g/mol. The van der Waals surface area contributed by atoms with Gasteiger partial charge in [-0.05, 0) is 41.8 Å². The van der Waals surface area contributed by atoms with E-state index in [1.54, 1.807) is 6.08 Å². The van der Waals surface area contributed by atoms with Gasteiger partial charge in [0.1, 0.15) is 11.6 Å². The summed E-state index contributed by atoms with van der Waals surface area (Å²) in [6, 6.07) is 3.78. The van der Waals surface area contributed by atoms with Crippen LogP contribution in [-0.4, -0.2) is 25.7 Å². The molecule has 18 heavy (non-hydrogen) atoms. The summed E-state index contributed by atoms with van der Waals surface area (Å²) in [5.74, 6) is -0.333. The number of nitrogens with one attached hydrogen (secondary N) is 1. The molecule has 0 spiro atoms. The quantitative estimate of drug-likeness (QED) is 0.466. The van der Waals surface area contributed by atoms with E-state index in [-0.39, 0.29) is 11.5 Å². The van der Waals surface area contributed by atoms with E-state index in [0.29, 0.717) is 19.8 Å². The van der Waals surface area contributed by atoms with E-state index >= 15 is 0 Å². The summed E-state index contributed by atoms with van der Waals surface area (Å²) in [4.78, 5) is 11.7. The van der Waals surface area contributed by atoms with Crippen LogP contribution in [0, 0.1) is 11.3 Å². The molecule has 0 saturated carbocycles. The third kappa shape index (κ3) is 5.13. The Bertz CT molecular complexity index is 432. The van der Waals surface area contributed by atoms with Crippen molar-refractivity contribution in [2.45, 2.75) is 13.3 Å². The molecule has 0 radical (unpaired) electrons. The average Bonchev–Trinajstić information content (AvgIpc) is 2.88. The maximum Gasteiger partial charge on any atom is 0.261 e. The zero-order chi connectivity index (χ0) is 13.2. The van der Waals surface area contributed by atoms with E-state index in [9.17, 15) is 4.79 Å². The molecule has 0 bridgehead atoms. The van der Waals surface area contributed by atoms with Gasteiger partial charge in [0.25, 0.3) is 5.91 Å². The number of carbonyl (C=O) groups is 1. The first-order chi connectivity index (χ1) is 8.77. The summed E-state index contributed by atoms with van der Waals surface area (Å²) in [7, 11) is 0. The van der Waals surface area contributed by atoms with Crippen molar-refractivity contribution in [1.29, 1.82) is 5.26 Å². The number of amides is 1. The third-order valence-electron chi connectivity index (χ3n) is 2.17. The van der Waals surface area contributed by atoms with E-state index in [4.69, 9.17) is 10.00 Å². The van der Waals surface area contributed by atoms with Gasteiger partial charge in [-0.25, -0.2) is 0 Å². The molecule has 0 aliphatic rings. The van der Waals surface area contributed by atoms with Crippen molar-refractivity contribution in [3.8, 4) is 6.07 Å². The maximum atomic E-state index is 11.7. The van der Waals surface area contributed by atoms with Crippen molar-refractivity contribution in [2.24, 2.45) is 0 Å². The highest BCUT2D eigenvalue weighted by molar-refractivity contribution is 7.08. The number of ether oxygens (including phenoxy) is 1. The van der Waals surface area contributed by atoms with Gasteiger partial charge in [0.15, 0.2) is 0 Å². The highest BCUT2D eigenvalue weighted by atomic mass is 32.1. The van der Waals surface area contributed by atoms with Crippen LogP contribution in [0.4, 0.5) is 0 Å². The lowest BCUT2D eigenvalue weighted by Crippen LogP contribution is -2.26. The van der Waals surface area contributed by atoms with Gasteiger partial charge in [-0.1, -0.05) is 0 Å². The van der Waals surface area contributed by atoms with Crippen molar-refractivity contribution < 1.29 is 9.53 Å². The fraction of sp³-hybridized carbons (Fsp3) is 0.385. The highest BCUT2D eigenvalue weighted by Crippen LogP contribution is 2.10. The molecule has 1 heterocycles. The summed E-state index contributed by atoms with van der Waals surface area (Å²) >= 11 is 1.53. The SMILES string of the molecule is CCOCCCNC(=O)/C(C#N)=C/c1ccsc1. The first-order valence-electron chi connectivity index (χ1n) is 5.78. The standard InChI is InChI=1S/C13H16N2O2S/c1-2-17-6-3-5-15-13(16)12(9-14)8-11-4-7-18-10-11/h4,7-8,10H,2-3,5-6H2,1H3,(H,15,16)/b12-8+. The van der Waals surface area contributed by atoms with Gasteiger partial charge >= 0.3 is 0 Å². The molecule has 0 aliphatic heterocycles. The van der Waals surface area contributed by atoms with Crippen LogP contribution in [0.15, 0.2) is 22.4 Å². The molecule has 1 aromatic heterocycles. The Kier molecular flexibility index (Phi) is 6.77. The van der Waals surface area contributed by atoms with E-state index in [1.807, 2.05) is 29.8 Å². The highest BCUT2D eigenvalue weighted by Gasteiger charge is 2.07. The molecule has 0 unspecified atom stereocenters. The van der Waals surface area contributed by atoms with Crippen LogP contribution in [0.2, 0.25) is 0 Å². The number of thiophene rings is 1. The predicted octanol–water partition coefficient (Wildman–Crippen LogP) is 2.20. The van der Waals surface area contributed by atoms with Crippen molar-refractivity contribution in [3.63, 3.8) is 0 Å². The van der Waals surface area contributed by atoms with Gasteiger partial charge in [-0.15, -0.1) is 0 Å². The molecular formula is C13H16N2O2S. The van der Waals surface area contributed by atoms with Crippen LogP contribution < -0.4 is 5.32 Å². The Labute approximate surface area is 111 Å². The first kappa shape index (κ1) is 14.4. The molecule has 5 heteroatoms. The van der Waals surface area contributed by atoms with Crippen molar-refractivity contribution in [2.75, 3.05) is 19.8 Å². The predicted molar refractivity (Wildman–Crippen MR) is 72.0 cm³/mol. The fourth-order valence-corrected chi connectivity index (χ4v) is 1.91. The lowest BCUT2D eigenvalue weighted by molar-refractivity contribution is -0.117. The number of hydrogen-bond donors (Lipinski definition) is 1. The molecule has 0 saturated heterocycles. The molecule has 0 aromatic carbocycles. The first-order valence-corrected chi connectivity index (χ1v) is 6.72. The van der Waals surface area contributed by atoms with Crippen LogP contribution in [0.25, 0.3) is 6.08 Å². The Morgan fingerprint density at radius 1 is 1.67 bits per heavy atom. The van der Waals surface area contributed by atoms with Crippen LogP contribution >= 0.6 is 11.3 Å². The van der Waals surface area contributed by atoms with Crippen LogP contribution in [-0.2, 0) is 9.53 Å². The Balaban J connectivity index is 2.42. The maximum absolute atomic E-state index is 11.7. The second kappa shape index (κ2) is 8.45. The molecule has 0 atom stereocenters. The summed E-state index contributed by atoms with van der Waals surface area (Å²) in [5.41, 5.74) is 1.01. The zero-order valence-corrected chi connectivity index (χ0v) is 11.1. The number of rotatable bonds is 7. The Morgan fingerprint density at radius 2 is 2.50 bits per heavy atom. The summed E-state index contributed by atoms with van der Waals surface area (Å²) in [6.45, 7) is 3.74. The number of hydrogen-bond acceptors (Lipinski definition) is 4. The fourth-order valence-electron chi connectivity index (χ4n) is 1.29. The van der Waals surface area contributed by atoms with Gasteiger partial charge in [-0.3, -0.25) is 4.79 Å². The molecule has 96 valence electrons. The molecular weight excluding hydrogens is 248 g/mol. The smallest absolute Gasteiger partial charge is 0.261 e. The minimum atomic E-state index is -0.333. The summed E-state index contributed by atoms with van der Waals surface area (Å²) in [6.07, 6.45) is 2.34. The van der Waals surface area contributed by atoms with E-state index in [1.165, 1.54) is 11.3 Å². The van der Waals surface area contributed by atoms with E-state index in [2.05, 4.69) is 5.32 Å². The van der Waals surface area contributed by atoms with Gasteiger partial charge in [0.2, 0.25) is 0 Å². The average molecular weight is 264 g/mol. The van der Waals surface area contributed by atoms with Crippen LogP contribution in [0.1, 0.15) is 18.9 Å². The normalized spacial score (nSPS) is 11.0. The topological polar surface area (TPSA) is 62.1 Å². The third-order valence-corrected chi connectivity index (χ3v) is 2.88.